The minimum absolute atomic E-state index is 0.00614. The molecule has 0 saturated carbocycles. The second kappa shape index (κ2) is 10.4. The van der Waals surface area contributed by atoms with Gasteiger partial charge >= 0.3 is 0 Å². The Balaban J connectivity index is 1.43. The third-order valence-electron chi connectivity index (χ3n) is 7.78. The Labute approximate surface area is 212 Å². The van der Waals surface area contributed by atoms with Crippen LogP contribution in [0.15, 0.2) is 53.3 Å². The number of anilines is 2. The number of nitrogens with zero attached hydrogens (tertiary/aromatic N) is 4. The van der Waals surface area contributed by atoms with Gasteiger partial charge in [0, 0.05) is 49.4 Å². The summed E-state index contributed by atoms with van der Waals surface area (Å²) in [6.45, 7) is 7.59. The smallest absolute Gasteiger partial charge is 0.258 e. The van der Waals surface area contributed by atoms with Crippen molar-refractivity contribution in [2.45, 2.75) is 32.2 Å². The molecule has 0 unspecified atom stereocenters. The van der Waals surface area contributed by atoms with Crippen LogP contribution in [0.1, 0.15) is 41.6 Å². The molecule has 1 amide bonds. The number of ether oxygens (including phenoxy) is 1. The Morgan fingerprint density at radius 1 is 1.00 bits per heavy atom. The lowest BCUT2D eigenvalue weighted by Crippen LogP contribution is -2.37. The SMILES string of the molecule is CCn1c(=O)cc(N2CCOCC2)c2cc(N(C)C(=O)c3ccc(C4CCN(C)CC4)cc3)ccc21. The number of hydrogen-bond donors (Lipinski definition) is 0. The van der Waals surface area contributed by atoms with Gasteiger partial charge in [0.25, 0.3) is 11.5 Å². The molecule has 2 aliphatic heterocycles. The minimum Gasteiger partial charge on any atom is -0.378 e. The molecule has 0 N–H and O–H groups in total. The highest BCUT2D eigenvalue weighted by atomic mass is 16.5. The number of aromatic nitrogens is 1. The Morgan fingerprint density at radius 2 is 1.69 bits per heavy atom. The van der Waals surface area contributed by atoms with Crippen LogP contribution >= 0.6 is 0 Å². The van der Waals surface area contributed by atoms with E-state index in [1.165, 1.54) is 5.56 Å². The highest BCUT2D eigenvalue weighted by molar-refractivity contribution is 6.07. The lowest BCUT2D eigenvalue weighted by molar-refractivity contribution is 0.0993. The summed E-state index contributed by atoms with van der Waals surface area (Å²) in [6, 6.07) is 15.8. The molecule has 190 valence electrons. The molecule has 0 radical (unpaired) electrons. The van der Waals surface area contributed by atoms with Crippen LogP contribution in [0, 0.1) is 0 Å². The lowest BCUT2D eigenvalue weighted by atomic mass is 9.89. The number of pyridine rings is 1. The van der Waals surface area contributed by atoms with Crippen LogP contribution in [0.4, 0.5) is 11.4 Å². The number of hydrogen-bond acceptors (Lipinski definition) is 5. The van der Waals surface area contributed by atoms with Gasteiger partial charge in [0.1, 0.15) is 0 Å². The molecule has 1 aromatic heterocycles. The predicted molar refractivity (Wildman–Crippen MR) is 146 cm³/mol. The molecule has 2 saturated heterocycles. The molecule has 36 heavy (non-hydrogen) atoms. The quantitative estimate of drug-likeness (QED) is 0.545. The van der Waals surface area contributed by atoms with Gasteiger partial charge in [-0.25, -0.2) is 0 Å². The number of aryl methyl sites for hydroxylation is 1. The average molecular weight is 489 g/mol. The molecule has 2 aromatic carbocycles. The zero-order valence-corrected chi connectivity index (χ0v) is 21.6. The summed E-state index contributed by atoms with van der Waals surface area (Å²) in [5, 5.41) is 0.980. The van der Waals surface area contributed by atoms with Crippen LogP contribution in [0.3, 0.4) is 0 Å². The van der Waals surface area contributed by atoms with Crippen LogP contribution in [0.2, 0.25) is 0 Å². The molecule has 0 spiro atoms. The second-order valence-electron chi connectivity index (χ2n) is 9.98. The summed E-state index contributed by atoms with van der Waals surface area (Å²) < 4.78 is 7.31. The minimum atomic E-state index is -0.0407. The monoisotopic (exact) mass is 488 g/mol. The molecule has 0 aliphatic carbocycles. The van der Waals surface area contributed by atoms with Crippen LogP contribution < -0.4 is 15.4 Å². The van der Waals surface area contributed by atoms with Crippen molar-refractivity contribution in [3.8, 4) is 0 Å². The van der Waals surface area contributed by atoms with E-state index in [1.807, 2.05) is 44.3 Å². The van der Waals surface area contributed by atoms with Crippen LogP contribution in [0.5, 0.6) is 0 Å². The number of carbonyl (C=O) groups is 1. The molecule has 3 aromatic rings. The van der Waals surface area contributed by atoms with E-state index in [4.69, 9.17) is 4.74 Å². The van der Waals surface area contributed by atoms with Crippen molar-refractivity contribution in [1.82, 2.24) is 9.47 Å². The van der Waals surface area contributed by atoms with E-state index in [0.29, 0.717) is 31.2 Å². The summed E-state index contributed by atoms with van der Waals surface area (Å²) >= 11 is 0. The first-order chi connectivity index (χ1) is 17.5. The zero-order valence-electron chi connectivity index (χ0n) is 21.6. The Kier molecular flexibility index (Phi) is 7.12. The summed E-state index contributed by atoms with van der Waals surface area (Å²) in [7, 11) is 3.99. The van der Waals surface area contributed by atoms with Gasteiger partial charge in [-0.05, 0) is 81.7 Å². The largest absolute Gasteiger partial charge is 0.378 e. The fraction of sp³-hybridized carbons (Fsp3) is 0.448. The Bertz CT molecular complexity index is 1290. The predicted octanol–water partition coefficient (Wildman–Crippen LogP) is 3.94. The van der Waals surface area contributed by atoms with Gasteiger partial charge in [0.2, 0.25) is 0 Å². The van der Waals surface area contributed by atoms with Crippen molar-refractivity contribution in [1.29, 1.82) is 0 Å². The van der Waals surface area contributed by atoms with E-state index < -0.39 is 0 Å². The molecule has 2 fully saturated rings. The first kappa shape index (κ1) is 24.5. The fourth-order valence-corrected chi connectivity index (χ4v) is 5.51. The lowest BCUT2D eigenvalue weighted by Gasteiger charge is -2.30. The molecule has 2 aliphatic rings. The zero-order chi connectivity index (χ0) is 25.2. The van der Waals surface area contributed by atoms with E-state index in [9.17, 15) is 9.59 Å². The van der Waals surface area contributed by atoms with Crippen molar-refractivity contribution in [3.05, 3.63) is 70.0 Å². The topological polar surface area (TPSA) is 58.0 Å². The number of piperidine rings is 1. The van der Waals surface area contributed by atoms with Gasteiger partial charge < -0.3 is 24.0 Å². The number of likely N-dealkylation sites (tertiary alicyclic amines) is 1. The van der Waals surface area contributed by atoms with Crippen LogP contribution in [-0.4, -0.2) is 68.9 Å². The molecule has 7 heteroatoms. The molecule has 3 heterocycles. The standard InChI is InChI=1S/C29H36N4O3/c1-4-33-26-10-9-24(19-25(26)27(20-28(33)34)32-15-17-36-18-16-32)31(3)29(35)23-7-5-21(6-8-23)22-11-13-30(2)14-12-22/h5-10,19-20,22H,4,11-18H2,1-3H3. The normalized spacial score (nSPS) is 17.5. The van der Waals surface area contributed by atoms with Crippen LogP contribution in [-0.2, 0) is 11.3 Å². The summed E-state index contributed by atoms with van der Waals surface area (Å²) in [5.74, 6) is 0.527. The number of carbonyl (C=O) groups excluding carboxylic acids is 1. The Hall–Kier alpha value is -3.16. The van der Waals surface area contributed by atoms with E-state index in [2.05, 4.69) is 29.0 Å². The van der Waals surface area contributed by atoms with Gasteiger partial charge in [-0.1, -0.05) is 12.1 Å². The maximum atomic E-state index is 13.4. The maximum absolute atomic E-state index is 13.4. The molecule has 0 bridgehead atoms. The number of morpholine rings is 1. The van der Waals surface area contributed by atoms with Crippen molar-refractivity contribution < 1.29 is 9.53 Å². The number of rotatable bonds is 5. The summed E-state index contributed by atoms with van der Waals surface area (Å²) in [5.41, 5.74) is 4.60. The first-order valence-electron chi connectivity index (χ1n) is 13.0. The van der Waals surface area contributed by atoms with Gasteiger partial charge in [-0.3, -0.25) is 9.59 Å². The number of amides is 1. The fourth-order valence-electron chi connectivity index (χ4n) is 5.51. The van der Waals surface area contributed by atoms with E-state index in [1.54, 1.807) is 15.5 Å². The van der Waals surface area contributed by atoms with Crippen LogP contribution in [0.25, 0.3) is 10.9 Å². The Morgan fingerprint density at radius 3 is 2.36 bits per heavy atom. The summed E-state index contributed by atoms with van der Waals surface area (Å²) in [6.07, 6.45) is 2.32. The van der Waals surface area contributed by atoms with Crippen molar-refractivity contribution in [3.63, 3.8) is 0 Å². The average Bonchev–Trinajstić information content (AvgIpc) is 2.92. The van der Waals surface area contributed by atoms with Gasteiger partial charge in [-0.15, -0.1) is 0 Å². The van der Waals surface area contributed by atoms with E-state index >= 15 is 0 Å². The molecular weight excluding hydrogens is 452 g/mol. The van der Waals surface area contributed by atoms with Gasteiger partial charge in [0.05, 0.1) is 24.4 Å². The third-order valence-corrected chi connectivity index (χ3v) is 7.78. The summed E-state index contributed by atoms with van der Waals surface area (Å²) in [4.78, 5) is 32.5. The van der Waals surface area contributed by atoms with Crippen molar-refractivity contribution in [2.75, 3.05) is 63.3 Å². The van der Waals surface area contributed by atoms with Gasteiger partial charge in [0.15, 0.2) is 0 Å². The number of fused-ring (bicyclic) bond motifs is 1. The maximum Gasteiger partial charge on any atom is 0.258 e. The van der Waals surface area contributed by atoms with Gasteiger partial charge in [-0.2, -0.15) is 0 Å². The molecule has 5 rings (SSSR count). The highest BCUT2D eigenvalue weighted by Gasteiger charge is 2.21. The van der Waals surface area contributed by atoms with E-state index in [-0.39, 0.29) is 11.5 Å². The first-order valence-corrected chi connectivity index (χ1v) is 13.0. The number of benzene rings is 2. The van der Waals surface area contributed by atoms with E-state index in [0.717, 1.165) is 61.3 Å². The highest BCUT2D eigenvalue weighted by Crippen LogP contribution is 2.31. The molecule has 7 nitrogen and oxygen atoms in total. The third kappa shape index (κ3) is 4.77. The second-order valence-corrected chi connectivity index (χ2v) is 9.98. The molecule has 0 atom stereocenters. The molecular formula is C29H36N4O3. The van der Waals surface area contributed by atoms with Crippen molar-refractivity contribution >= 4 is 28.2 Å². The van der Waals surface area contributed by atoms with Crippen molar-refractivity contribution in [2.24, 2.45) is 0 Å².